The first-order chi connectivity index (χ1) is 13.4. The quantitative estimate of drug-likeness (QED) is 0.423. The van der Waals surface area contributed by atoms with Crippen LogP contribution in [0.5, 0.6) is 0 Å². The largest absolute Gasteiger partial charge is 0.351 e. The molecule has 0 bridgehead atoms. The molecule has 0 aromatic heterocycles. The van der Waals surface area contributed by atoms with Crippen molar-refractivity contribution in [3.63, 3.8) is 0 Å². The standard InChI is InChI=1S/C21H33FN2O2S2/c1-5-7-12-27-15(3)20(25)23-14-17-18(22)10-9-11-19(17)24-21(26)16(4)28-13-8-6-2/h9-11,15-16H,5-8,12-14H2,1-4H3,(H,23,25)(H,24,26)/t15-,16+/m1/s1. The number of anilines is 1. The van der Waals surface area contributed by atoms with Gasteiger partial charge in [0.2, 0.25) is 11.8 Å². The Bertz CT molecular complexity index is 628. The molecule has 0 spiro atoms. The van der Waals surface area contributed by atoms with Gasteiger partial charge in [0.05, 0.1) is 10.5 Å². The van der Waals surface area contributed by atoms with Crippen LogP contribution >= 0.6 is 23.5 Å². The molecule has 2 N–H and O–H groups in total. The first kappa shape index (κ1) is 24.8. The van der Waals surface area contributed by atoms with Crippen molar-refractivity contribution in [3.8, 4) is 0 Å². The molecule has 0 aliphatic rings. The lowest BCUT2D eigenvalue weighted by Crippen LogP contribution is -2.31. The fourth-order valence-corrected chi connectivity index (χ4v) is 4.43. The second kappa shape index (κ2) is 13.9. The lowest BCUT2D eigenvalue weighted by atomic mass is 10.1. The van der Waals surface area contributed by atoms with Gasteiger partial charge in [-0.25, -0.2) is 4.39 Å². The monoisotopic (exact) mass is 428 g/mol. The number of rotatable bonds is 13. The molecular weight excluding hydrogens is 395 g/mol. The maximum absolute atomic E-state index is 14.3. The average molecular weight is 429 g/mol. The number of thioether (sulfide) groups is 2. The molecule has 0 unspecified atom stereocenters. The van der Waals surface area contributed by atoms with Crippen LogP contribution in [0.2, 0.25) is 0 Å². The fourth-order valence-electron chi connectivity index (χ4n) is 2.37. The summed E-state index contributed by atoms with van der Waals surface area (Å²) in [5, 5.41) is 5.21. The van der Waals surface area contributed by atoms with Crippen LogP contribution in [0, 0.1) is 5.82 Å². The van der Waals surface area contributed by atoms with Gasteiger partial charge in [0, 0.05) is 17.8 Å². The van der Waals surface area contributed by atoms with Crippen LogP contribution in [-0.2, 0) is 16.1 Å². The van der Waals surface area contributed by atoms with Gasteiger partial charge in [-0.2, -0.15) is 0 Å². The van der Waals surface area contributed by atoms with Crippen molar-refractivity contribution in [1.82, 2.24) is 5.32 Å². The summed E-state index contributed by atoms with van der Waals surface area (Å²) in [6.45, 7) is 7.99. The van der Waals surface area contributed by atoms with Crippen molar-refractivity contribution in [2.24, 2.45) is 0 Å². The topological polar surface area (TPSA) is 58.2 Å². The summed E-state index contributed by atoms with van der Waals surface area (Å²) in [6.07, 6.45) is 4.31. The smallest absolute Gasteiger partial charge is 0.237 e. The molecule has 0 radical (unpaired) electrons. The van der Waals surface area contributed by atoms with E-state index in [1.807, 2.05) is 13.8 Å². The second-order valence-electron chi connectivity index (χ2n) is 6.71. The maximum Gasteiger partial charge on any atom is 0.237 e. The van der Waals surface area contributed by atoms with E-state index in [-0.39, 0.29) is 28.9 Å². The average Bonchev–Trinajstić information content (AvgIpc) is 2.67. The lowest BCUT2D eigenvalue weighted by molar-refractivity contribution is -0.120. The highest BCUT2D eigenvalue weighted by Gasteiger charge is 2.18. The van der Waals surface area contributed by atoms with Gasteiger partial charge in [-0.15, -0.1) is 23.5 Å². The number of nitrogens with one attached hydrogen (secondary N) is 2. The van der Waals surface area contributed by atoms with Gasteiger partial charge in [-0.1, -0.05) is 32.8 Å². The third-order valence-corrected chi connectivity index (χ3v) is 6.76. The number of carbonyl (C=O) groups excluding carboxylic acids is 2. The van der Waals surface area contributed by atoms with Crippen molar-refractivity contribution >= 4 is 41.0 Å². The van der Waals surface area contributed by atoms with Gasteiger partial charge in [-0.05, 0) is 50.3 Å². The predicted octanol–water partition coefficient (Wildman–Crippen LogP) is 5.22. The van der Waals surface area contributed by atoms with Crippen molar-refractivity contribution in [2.75, 3.05) is 16.8 Å². The molecule has 28 heavy (non-hydrogen) atoms. The number of hydrogen-bond donors (Lipinski definition) is 2. The molecule has 2 amide bonds. The summed E-state index contributed by atoms with van der Waals surface area (Å²) in [4.78, 5) is 24.7. The maximum atomic E-state index is 14.3. The fraction of sp³-hybridized carbons (Fsp3) is 0.619. The van der Waals surface area contributed by atoms with Crippen LogP contribution in [0.15, 0.2) is 18.2 Å². The van der Waals surface area contributed by atoms with E-state index in [4.69, 9.17) is 0 Å². The van der Waals surface area contributed by atoms with Gasteiger partial charge in [-0.3, -0.25) is 9.59 Å². The Morgan fingerprint density at radius 2 is 1.57 bits per heavy atom. The SMILES string of the molecule is CCCCS[C@@H](C)C(=O)Nc1cccc(F)c1CNC(=O)[C@@H](C)SCCCC. The van der Waals surface area contributed by atoms with E-state index in [0.717, 1.165) is 37.2 Å². The van der Waals surface area contributed by atoms with Crippen molar-refractivity contribution in [1.29, 1.82) is 0 Å². The van der Waals surface area contributed by atoms with Crippen molar-refractivity contribution < 1.29 is 14.0 Å². The molecule has 4 nitrogen and oxygen atoms in total. The highest BCUT2D eigenvalue weighted by Crippen LogP contribution is 2.22. The van der Waals surface area contributed by atoms with Crippen LogP contribution in [0.3, 0.4) is 0 Å². The summed E-state index contributed by atoms with van der Waals surface area (Å²) < 4.78 is 14.3. The van der Waals surface area contributed by atoms with Gasteiger partial charge in [0.25, 0.3) is 0 Å². The Morgan fingerprint density at radius 1 is 1.00 bits per heavy atom. The highest BCUT2D eigenvalue weighted by molar-refractivity contribution is 8.00. The van der Waals surface area contributed by atoms with Gasteiger partial charge >= 0.3 is 0 Å². The van der Waals surface area contributed by atoms with Crippen LogP contribution < -0.4 is 10.6 Å². The van der Waals surface area contributed by atoms with Crippen LogP contribution in [-0.4, -0.2) is 33.8 Å². The molecule has 0 aliphatic heterocycles. The van der Waals surface area contributed by atoms with E-state index in [1.165, 1.54) is 6.07 Å². The number of hydrogen-bond acceptors (Lipinski definition) is 4. The number of benzene rings is 1. The second-order valence-corrected chi connectivity index (χ2v) is 9.60. The van der Waals surface area contributed by atoms with Crippen LogP contribution in [0.25, 0.3) is 0 Å². The minimum absolute atomic E-state index is 0.0527. The molecule has 2 atom stereocenters. The summed E-state index contributed by atoms with van der Waals surface area (Å²) in [5.74, 6) is 1.15. The number of carbonyl (C=O) groups is 2. The molecule has 1 rings (SSSR count). The van der Waals surface area contributed by atoms with Crippen LogP contribution in [0.4, 0.5) is 10.1 Å². The zero-order valence-electron chi connectivity index (χ0n) is 17.3. The molecule has 7 heteroatoms. The minimum atomic E-state index is -0.435. The predicted molar refractivity (Wildman–Crippen MR) is 121 cm³/mol. The molecule has 0 fully saturated rings. The first-order valence-corrected chi connectivity index (χ1v) is 12.1. The number of halogens is 1. The van der Waals surface area contributed by atoms with E-state index >= 15 is 0 Å². The first-order valence-electron chi connectivity index (χ1n) is 9.99. The molecule has 0 saturated heterocycles. The number of unbranched alkanes of at least 4 members (excludes halogenated alkanes) is 2. The molecule has 0 saturated carbocycles. The van der Waals surface area contributed by atoms with E-state index in [9.17, 15) is 14.0 Å². The molecule has 158 valence electrons. The summed E-state index contributed by atoms with van der Waals surface area (Å²) in [6, 6.07) is 4.58. The molecule has 0 heterocycles. The Kier molecular flexibility index (Phi) is 12.3. The molecule has 1 aromatic rings. The van der Waals surface area contributed by atoms with Gasteiger partial charge < -0.3 is 10.6 Å². The van der Waals surface area contributed by atoms with Crippen LogP contribution in [0.1, 0.15) is 58.9 Å². The summed E-state index contributed by atoms with van der Waals surface area (Å²) in [5.41, 5.74) is 0.722. The lowest BCUT2D eigenvalue weighted by Gasteiger charge is -2.17. The Labute approximate surface area is 177 Å². The van der Waals surface area contributed by atoms with Gasteiger partial charge in [0.15, 0.2) is 0 Å². The highest BCUT2D eigenvalue weighted by atomic mass is 32.2. The zero-order valence-corrected chi connectivity index (χ0v) is 19.0. The Hall–Kier alpha value is -1.21. The summed E-state index contributed by atoms with van der Waals surface area (Å²) >= 11 is 3.19. The van der Waals surface area contributed by atoms with Crippen molar-refractivity contribution in [2.45, 2.75) is 70.4 Å². The van der Waals surface area contributed by atoms with E-state index < -0.39 is 5.82 Å². The van der Waals surface area contributed by atoms with Gasteiger partial charge in [0.1, 0.15) is 5.82 Å². The normalized spacial score (nSPS) is 13.0. The van der Waals surface area contributed by atoms with E-state index in [2.05, 4.69) is 24.5 Å². The molecule has 0 aliphatic carbocycles. The molecule has 1 aromatic carbocycles. The Balaban J connectivity index is 2.67. The Morgan fingerprint density at radius 3 is 2.14 bits per heavy atom. The zero-order chi connectivity index (χ0) is 20.9. The number of amides is 2. The minimum Gasteiger partial charge on any atom is -0.351 e. The van der Waals surface area contributed by atoms with E-state index in [0.29, 0.717) is 11.3 Å². The molecular formula is C21H33FN2O2S2. The van der Waals surface area contributed by atoms with Crippen molar-refractivity contribution in [3.05, 3.63) is 29.6 Å². The summed E-state index contributed by atoms with van der Waals surface area (Å²) in [7, 11) is 0. The third-order valence-electron chi connectivity index (χ3n) is 4.29. The van der Waals surface area contributed by atoms with E-state index in [1.54, 1.807) is 35.7 Å². The third kappa shape index (κ3) is 8.86.